The van der Waals surface area contributed by atoms with Gasteiger partial charge in [0.15, 0.2) is 0 Å². The second-order valence-corrected chi connectivity index (χ2v) is 4.31. The third kappa shape index (κ3) is 5.26. The first kappa shape index (κ1) is 14.8. The average molecular weight is 257 g/mol. The highest BCUT2D eigenvalue weighted by molar-refractivity contribution is 5.97. The minimum Gasteiger partial charge on any atom is -0.375 e. The fourth-order valence-electron chi connectivity index (χ4n) is 1.61. The van der Waals surface area contributed by atoms with E-state index in [1.807, 2.05) is 55.3 Å². The number of hydrogen-bond acceptors (Lipinski definition) is 3. The lowest BCUT2D eigenvalue weighted by Gasteiger charge is -2.14. The van der Waals surface area contributed by atoms with Crippen molar-refractivity contribution in [1.29, 1.82) is 5.26 Å². The minimum absolute atomic E-state index is 0.131. The Kier molecular flexibility index (Phi) is 6.17. The van der Waals surface area contributed by atoms with E-state index in [4.69, 9.17) is 5.26 Å². The molecule has 0 aliphatic carbocycles. The molecular weight excluding hydrogens is 238 g/mol. The van der Waals surface area contributed by atoms with Crippen LogP contribution in [0.5, 0.6) is 0 Å². The van der Waals surface area contributed by atoms with Gasteiger partial charge in [-0.05, 0) is 12.0 Å². The van der Waals surface area contributed by atoms with Gasteiger partial charge in [0, 0.05) is 26.3 Å². The van der Waals surface area contributed by atoms with Crippen LogP contribution in [0.3, 0.4) is 0 Å². The molecule has 0 saturated carbocycles. The molecule has 0 heterocycles. The summed E-state index contributed by atoms with van der Waals surface area (Å²) in [6.07, 6.45) is 2.43. The molecule has 1 aromatic carbocycles. The molecule has 1 amide bonds. The van der Waals surface area contributed by atoms with Crippen molar-refractivity contribution in [3.63, 3.8) is 0 Å². The van der Waals surface area contributed by atoms with E-state index in [2.05, 4.69) is 5.32 Å². The van der Waals surface area contributed by atoms with E-state index in [1.54, 1.807) is 6.20 Å². The zero-order valence-electron chi connectivity index (χ0n) is 11.4. The van der Waals surface area contributed by atoms with E-state index in [0.29, 0.717) is 13.1 Å². The van der Waals surface area contributed by atoms with Gasteiger partial charge in [-0.15, -0.1) is 0 Å². The van der Waals surface area contributed by atoms with Crippen molar-refractivity contribution in [3.8, 4) is 6.07 Å². The van der Waals surface area contributed by atoms with Crippen LogP contribution in [0, 0.1) is 11.3 Å². The molecule has 100 valence electrons. The lowest BCUT2D eigenvalue weighted by atomic mass is 10.2. The summed E-state index contributed by atoms with van der Waals surface area (Å²) in [5.41, 5.74) is 1.26. The number of nitrogens with one attached hydrogen (secondary N) is 1. The number of nitrogens with zero attached hydrogens (tertiary/aromatic N) is 2. The van der Waals surface area contributed by atoms with Crippen molar-refractivity contribution < 1.29 is 4.79 Å². The zero-order valence-corrected chi connectivity index (χ0v) is 11.4. The number of carbonyl (C=O) groups excluding carboxylic acids is 1. The van der Waals surface area contributed by atoms with Gasteiger partial charge in [0.1, 0.15) is 11.6 Å². The number of carbonyl (C=O) groups is 1. The van der Waals surface area contributed by atoms with Gasteiger partial charge in [-0.2, -0.15) is 5.26 Å². The van der Waals surface area contributed by atoms with Crippen molar-refractivity contribution in [2.75, 3.05) is 13.6 Å². The van der Waals surface area contributed by atoms with Gasteiger partial charge in [-0.1, -0.05) is 37.3 Å². The van der Waals surface area contributed by atoms with Crippen LogP contribution in [-0.4, -0.2) is 24.4 Å². The Morgan fingerprint density at radius 3 is 2.68 bits per heavy atom. The van der Waals surface area contributed by atoms with E-state index >= 15 is 0 Å². The smallest absolute Gasteiger partial charge is 0.263 e. The van der Waals surface area contributed by atoms with Crippen LogP contribution < -0.4 is 5.32 Å². The molecule has 1 N–H and O–H groups in total. The molecule has 1 aromatic rings. The highest BCUT2D eigenvalue weighted by Crippen LogP contribution is 2.04. The Morgan fingerprint density at radius 1 is 1.42 bits per heavy atom. The molecule has 0 saturated heterocycles. The minimum atomic E-state index is -0.315. The van der Waals surface area contributed by atoms with Gasteiger partial charge in [-0.25, -0.2) is 0 Å². The maximum Gasteiger partial charge on any atom is 0.263 e. The van der Waals surface area contributed by atoms with Crippen LogP contribution in [0.25, 0.3) is 0 Å². The van der Waals surface area contributed by atoms with Crippen LogP contribution in [0.2, 0.25) is 0 Å². The molecule has 4 heteroatoms. The number of nitriles is 1. The Morgan fingerprint density at radius 2 is 2.11 bits per heavy atom. The number of benzene rings is 1. The molecule has 0 bridgehead atoms. The molecule has 0 unspecified atom stereocenters. The predicted molar refractivity (Wildman–Crippen MR) is 74.9 cm³/mol. The van der Waals surface area contributed by atoms with Crippen molar-refractivity contribution in [3.05, 3.63) is 47.7 Å². The van der Waals surface area contributed by atoms with E-state index in [-0.39, 0.29) is 11.5 Å². The maximum atomic E-state index is 11.7. The van der Waals surface area contributed by atoms with E-state index in [9.17, 15) is 4.79 Å². The molecule has 0 radical (unpaired) electrons. The van der Waals surface area contributed by atoms with Gasteiger partial charge in [0.2, 0.25) is 0 Å². The van der Waals surface area contributed by atoms with Crippen molar-refractivity contribution in [1.82, 2.24) is 10.2 Å². The third-order valence-electron chi connectivity index (χ3n) is 2.52. The largest absolute Gasteiger partial charge is 0.375 e. The fraction of sp³-hybridized carbons (Fsp3) is 0.333. The van der Waals surface area contributed by atoms with E-state index in [0.717, 1.165) is 12.0 Å². The first-order valence-corrected chi connectivity index (χ1v) is 6.31. The molecule has 0 spiro atoms. The number of amides is 1. The molecule has 0 fully saturated rings. The van der Waals surface area contributed by atoms with Crippen LogP contribution in [0.4, 0.5) is 0 Å². The first-order valence-electron chi connectivity index (χ1n) is 6.31. The van der Waals surface area contributed by atoms with Crippen molar-refractivity contribution >= 4 is 5.91 Å². The highest BCUT2D eigenvalue weighted by atomic mass is 16.1. The molecule has 0 aromatic heterocycles. The normalized spacial score (nSPS) is 10.7. The molecule has 4 nitrogen and oxygen atoms in total. The van der Waals surface area contributed by atoms with Gasteiger partial charge < -0.3 is 10.2 Å². The summed E-state index contributed by atoms with van der Waals surface area (Å²) in [7, 11) is 1.84. The monoisotopic (exact) mass is 257 g/mol. The predicted octanol–water partition coefficient (Wildman–Crippen LogP) is 2.05. The topological polar surface area (TPSA) is 56.1 Å². The SMILES string of the molecule is CCCNC(=O)C(C#N)=CN(C)Cc1ccccc1. The van der Waals surface area contributed by atoms with Crippen LogP contribution in [0.15, 0.2) is 42.1 Å². The molecule has 0 aliphatic heterocycles. The lowest BCUT2D eigenvalue weighted by molar-refractivity contribution is -0.117. The summed E-state index contributed by atoms with van der Waals surface area (Å²) in [4.78, 5) is 13.5. The Balaban J connectivity index is 2.65. The van der Waals surface area contributed by atoms with E-state index in [1.165, 1.54) is 0 Å². The van der Waals surface area contributed by atoms with Gasteiger partial charge in [0.05, 0.1) is 0 Å². The summed E-state index contributed by atoms with van der Waals surface area (Å²) < 4.78 is 0. The number of hydrogen-bond donors (Lipinski definition) is 1. The lowest BCUT2D eigenvalue weighted by Crippen LogP contribution is -2.26. The summed E-state index contributed by atoms with van der Waals surface area (Å²) in [6, 6.07) is 11.8. The van der Waals surface area contributed by atoms with Crippen LogP contribution in [-0.2, 0) is 11.3 Å². The van der Waals surface area contributed by atoms with Crippen molar-refractivity contribution in [2.45, 2.75) is 19.9 Å². The summed E-state index contributed by atoms with van der Waals surface area (Å²) in [6.45, 7) is 3.21. The quantitative estimate of drug-likeness (QED) is 0.627. The van der Waals surface area contributed by atoms with Gasteiger partial charge >= 0.3 is 0 Å². The van der Waals surface area contributed by atoms with Gasteiger partial charge in [0.25, 0.3) is 5.91 Å². The van der Waals surface area contributed by atoms with E-state index < -0.39 is 0 Å². The molecular formula is C15H19N3O. The standard InChI is InChI=1S/C15H19N3O/c1-3-9-17-15(19)14(10-16)12-18(2)11-13-7-5-4-6-8-13/h4-8,12H,3,9,11H2,1-2H3,(H,17,19). The number of rotatable bonds is 6. The van der Waals surface area contributed by atoms with Crippen LogP contribution in [0.1, 0.15) is 18.9 Å². The molecule has 1 rings (SSSR count). The summed E-state index contributed by atoms with van der Waals surface area (Å²) in [5, 5.41) is 11.7. The van der Waals surface area contributed by atoms with Crippen molar-refractivity contribution in [2.24, 2.45) is 0 Å². The summed E-state index contributed by atoms with van der Waals surface area (Å²) >= 11 is 0. The Hall–Kier alpha value is -2.28. The second kappa shape index (κ2) is 7.93. The highest BCUT2D eigenvalue weighted by Gasteiger charge is 2.08. The Bertz CT molecular complexity index is 474. The maximum absolute atomic E-state index is 11.7. The molecule has 0 atom stereocenters. The fourth-order valence-corrected chi connectivity index (χ4v) is 1.61. The second-order valence-electron chi connectivity index (χ2n) is 4.31. The third-order valence-corrected chi connectivity index (χ3v) is 2.52. The average Bonchev–Trinajstić information content (AvgIpc) is 2.43. The zero-order chi connectivity index (χ0) is 14.1. The first-order chi connectivity index (χ1) is 9.17. The van der Waals surface area contributed by atoms with Gasteiger partial charge in [-0.3, -0.25) is 4.79 Å². The summed E-state index contributed by atoms with van der Waals surface area (Å²) in [5.74, 6) is -0.315. The molecule has 0 aliphatic rings. The van der Waals surface area contributed by atoms with Crippen LogP contribution >= 0.6 is 0 Å². The molecule has 19 heavy (non-hydrogen) atoms. The Labute approximate surface area is 114 Å².